The summed E-state index contributed by atoms with van der Waals surface area (Å²) in [5, 5.41) is 8.83. The van der Waals surface area contributed by atoms with Crippen molar-refractivity contribution in [2.24, 2.45) is 0 Å². The Hall–Kier alpha value is -1.99. The molecule has 0 aliphatic heterocycles. The van der Waals surface area contributed by atoms with Crippen LogP contribution in [0.3, 0.4) is 0 Å². The molecule has 1 aliphatic carbocycles. The predicted octanol–water partition coefficient (Wildman–Crippen LogP) is 4.69. The molecule has 0 saturated heterocycles. The highest BCUT2D eigenvalue weighted by atomic mass is 79.9. The molecule has 1 fully saturated rings. The Morgan fingerprint density at radius 2 is 2.04 bits per heavy atom. The van der Waals surface area contributed by atoms with Gasteiger partial charge in [0.2, 0.25) is 0 Å². The molecule has 5 nitrogen and oxygen atoms in total. The van der Waals surface area contributed by atoms with Crippen molar-refractivity contribution in [1.29, 1.82) is 0 Å². The van der Waals surface area contributed by atoms with Crippen LogP contribution in [0, 0.1) is 0 Å². The number of carbonyl (C=O) groups is 1. The van der Waals surface area contributed by atoms with Gasteiger partial charge >= 0.3 is 0 Å². The number of nitrogens with zero attached hydrogens (tertiary/aromatic N) is 2. The van der Waals surface area contributed by atoms with E-state index in [9.17, 15) is 4.79 Å². The minimum atomic E-state index is -0.168. The monoisotopic (exact) mass is 389 g/mol. The summed E-state index contributed by atoms with van der Waals surface area (Å²) in [6.07, 6.45) is 2.24. The molecule has 23 heavy (non-hydrogen) atoms. The summed E-state index contributed by atoms with van der Waals surface area (Å²) >= 11 is 4.83. The van der Waals surface area contributed by atoms with E-state index in [-0.39, 0.29) is 5.91 Å². The van der Waals surface area contributed by atoms with Crippen molar-refractivity contribution in [3.63, 3.8) is 0 Å². The normalized spacial score (nSPS) is 14.0. The number of amides is 1. The van der Waals surface area contributed by atoms with Crippen LogP contribution in [-0.4, -0.2) is 16.0 Å². The summed E-state index contributed by atoms with van der Waals surface area (Å²) in [7, 11) is 0. The van der Waals surface area contributed by atoms with Crippen LogP contribution < -0.4 is 5.32 Å². The largest absolute Gasteiger partial charge is 0.333 e. The lowest BCUT2D eigenvalue weighted by molar-refractivity contribution is 0.102. The zero-order chi connectivity index (χ0) is 15.8. The maximum Gasteiger partial charge on any atom is 0.270 e. The zero-order valence-corrected chi connectivity index (χ0v) is 14.4. The van der Waals surface area contributed by atoms with Gasteiger partial charge in [-0.1, -0.05) is 21.1 Å². The Bertz CT molecular complexity index is 852. The quantitative estimate of drug-likeness (QED) is 0.702. The number of rotatable bonds is 4. The maximum atomic E-state index is 12.3. The average Bonchev–Trinajstić information content (AvgIpc) is 3.10. The number of carbonyl (C=O) groups excluding carboxylic acids is 1. The molecule has 3 aromatic rings. The highest BCUT2D eigenvalue weighted by Gasteiger charge is 2.29. The van der Waals surface area contributed by atoms with Gasteiger partial charge in [-0.15, -0.1) is 11.3 Å². The lowest BCUT2D eigenvalue weighted by Gasteiger charge is -2.04. The standard InChI is InChI=1S/C16H12BrN3O2S/c17-11-5-3-10(4-6-11)15(21)18-12-7-8-23-13(12)16-19-14(20-22-16)9-1-2-9/h3-9H,1-2H2,(H,18,21). The summed E-state index contributed by atoms with van der Waals surface area (Å²) < 4.78 is 6.28. The molecule has 0 spiro atoms. The van der Waals surface area contributed by atoms with Gasteiger partial charge in [0.05, 0.1) is 5.69 Å². The SMILES string of the molecule is O=C(Nc1ccsc1-c1nc(C2CC2)no1)c1ccc(Br)cc1. The second kappa shape index (κ2) is 5.90. The summed E-state index contributed by atoms with van der Waals surface area (Å²) in [5.74, 6) is 1.50. The molecule has 116 valence electrons. The van der Waals surface area contributed by atoms with Gasteiger partial charge in [-0.05, 0) is 48.6 Å². The third kappa shape index (κ3) is 3.07. The van der Waals surface area contributed by atoms with Crippen molar-refractivity contribution in [2.75, 3.05) is 5.32 Å². The Labute approximate surface area is 144 Å². The number of thiophene rings is 1. The molecule has 2 aromatic heterocycles. The molecule has 0 bridgehead atoms. The summed E-state index contributed by atoms with van der Waals surface area (Å²) in [6.45, 7) is 0. The highest BCUT2D eigenvalue weighted by molar-refractivity contribution is 9.10. The number of nitrogens with one attached hydrogen (secondary N) is 1. The molecule has 0 atom stereocenters. The number of halogens is 1. The van der Waals surface area contributed by atoms with E-state index in [1.54, 1.807) is 12.1 Å². The molecule has 1 amide bonds. The van der Waals surface area contributed by atoms with Crippen LogP contribution in [0.5, 0.6) is 0 Å². The third-order valence-electron chi connectivity index (χ3n) is 3.60. The first-order valence-corrected chi connectivity index (χ1v) is 8.86. The summed E-state index contributed by atoms with van der Waals surface area (Å²) in [6, 6.07) is 9.05. The lowest BCUT2D eigenvalue weighted by atomic mass is 10.2. The fraction of sp³-hybridized carbons (Fsp3) is 0.188. The van der Waals surface area contributed by atoms with Gasteiger partial charge in [0.15, 0.2) is 5.82 Å². The zero-order valence-electron chi connectivity index (χ0n) is 12.0. The maximum absolute atomic E-state index is 12.3. The van der Waals surface area contributed by atoms with Crippen LogP contribution in [0.15, 0.2) is 44.7 Å². The van der Waals surface area contributed by atoms with E-state index in [0.29, 0.717) is 23.1 Å². The molecule has 1 N–H and O–H groups in total. The van der Waals surface area contributed by atoms with Crippen LogP contribution in [-0.2, 0) is 0 Å². The smallest absolute Gasteiger partial charge is 0.270 e. The Morgan fingerprint density at radius 1 is 1.26 bits per heavy atom. The third-order valence-corrected chi connectivity index (χ3v) is 5.03. The van der Waals surface area contributed by atoms with E-state index in [1.807, 2.05) is 23.6 Å². The number of aromatic nitrogens is 2. The molecule has 7 heteroatoms. The molecule has 0 unspecified atom stereocenters. The molecule has 1 saturated carbocycles. The minimum Gasteiger partial charge on any atom is -0.333 e. The minimum absolute atomic E-state index is 0.168. The van der Waals surface area contributed by atoms with Gasteiger partial charge in [0, 0.05) is 16.0 Å². The van der Waals surface area contributed by atoms with Crippen molar-refractivity contribution < 1.29 is 9.32 Å². The van der Waals surface area contributed by atoms with E-state index >= 15 is 0 Å². The summed E-state index contributed by atoms with van der Waals surface area (Å²) in [5.41, 5.74) is 1.28. The van der Waals surface area contributed by atoms with Crippen LogP contribution in [0.25, 0.3) is 10.8 Å². The summed E-state index contributed by atoms with van der Waals surface area (Å²) in [4.78, 5) is 17.6. The number of benzene rings is 1. The Kier molecular flexibility index (Phi) is 3.74. The van der Waals surface area contributed by atoms with E-state index in [4.69, 9.17) is 4.52 Å². The van der Waals surface area contributed by atoms with Gasteiger partial charge in [-0.3, -0.25) is 4.79 Å². The number of hydrogen-bond acceptors (Lipinski definition) is 5. The average molecular weight is 390 g/mol. The van der Waals surface area contributed by atoms with Gasteiger partial charge in [-0.2, -0.15) is 4.98 Å². The van der Waals surface area contributed by atoms with E-state index in [1.165, 1.54) is 11.3 Å². The number of anilines is 1. The first-order chi connectivity index (χ1) is 11.2. The first-order valence-electron chi connectivity index (χ1n) is 7.19. The van der Waals surface area contributed by atoms with Gasteiger partial charge in [0.1, 0.15) is 4.88 Å². The van der Waals surface area contributed by atoms with Crippen molar-refractivity contribution >= 4 is 38.9 Å². The predicted molar refractivity (Wildman–Crippen MR) is 91.7 cm³/mol. The van der Waals surface area contributed by atoms with Crippen molar-refractivity contribution in [3.05, 3.63) is 51.6 Å². The first kappa shape index (κ1) is 14.6. The molecule has 1 aromatic carbocycles. The number of hydrogen-bond donors (Lipinski definition) is 1. The van der Waals surface area contributed by atoms with Crippen LogP contribution >= 0.6 is 27.3 Å². The van der Waals surface area contributed by atoms with E-state index in [2.05, 4.69) is 31.4 Å². The lowest BCUT2D eigenvalue weighted by Crippen LogP contribution is -2.11. The molecular weight excluding hydrogens is 378 g/mol. The molecular formula is C16H12BrN3O2S. The van der Waals surface area contributed by atoms with Gasteiger partial charge in [0.25, 0.3) is 11.8 Å². The van der Waals surface area contributed by atoms with Crippen molar-refractivity contribution in [2.45, 2.75) is 18.8 Å². The topological polar surface area (TPSA) is 68.0 Å². The molecule has 2 heterocycles. The second-order valence-corrected chi connectivity index (χ2v) is 7.19. The van der Waals surface area contributed by atoms with Crippen LogP contribution in [0.1, 0.15) is 34.9 Å². The Morgan fingerprint density at radius 3 is 2.78 bits per heavy atom. The van der Waals surface area contributed by atoms with E-state index in [0.717, 1.165) is 28.0 Å². The molecule has 0 radical (unpaired) electrons. The molecule has 4 rings (SSSR count). The van der Waals surface area contributed by atoms with Gasteiger partial charge in [-0.25, -0.2) is 0 Å². The molecule has 1 aliphatic rings. The fourth-order valence-corrected chi connectivity index (χ4v) is 3.24. The van der Waals surface area contributed by atoms with E-state index < -0.39 is 0 Å². The second-order valence-electron chi connectivity index (χ2n) is 5.36. The van der Waals surface area contributed by atoms with Gasteiger partial charge < -0.3 is 9.84 Å². The highest BCUT2D eigenvalue weighted by Crippen LogP contribution is 2.40. The van der Waals surface area contributed by atoms with Crippen LogP contribution in [0.4, 0.5) is 5.69 Å². The van der Waals surface area contributed by atoms with Crippen molar-refractivity contribution in [3.8, 4) is 10.8 Å². The van der Waals surface area contributed by atoms with Crippen LogP contribution in [0.2, 0.25) is 0 Å². The fourth-order valence-electron chi connectivity index (χ4n) is 2.20. The Balaban J connectivity index is 1.56. The van der Waals surface area contributed by atoms with Crippen molar-refractivity contribution in [1.82, 2.24) is 10.1 Å².